The molecule has 0 aliphatic carbocycles. The van der Waals surface area contributed by atoms with E-state index in [-0.39, 0.29) is 22.9 Å². The molecule has 1 amide bonds. The van der Waals surface area contributed by atoms with Crippen molar-refractivity contribution >= 4 is 15.7 Å². The molecule has 0 aromatic carbocycles. The Bertz CT molecular complexity index is 639. The van der Waals surface area contributed by atoms with Crippen LogP contribution in [-0.2, 0) is 25.8 Å². The number of nitrogens with zero attached hydrogens (tertiary/aromatic N) is 3. The fraction of sp³-hybridized carbons (Fsp3) is 0.786. The van der Waals surface area contributed by atoms with E-state index in [0.717, 1.165) is 12.8 Å². The predicted molar refractivity (Wildman–Crippen MR) is 80.9 cm³/mol. The van der Waals surface area contributed by atoms with Crippen molar-refractivity contribution in [2.75, 3.05) is 13.1 Å². The lowest BCUT2D eigenvalue weighted by Crippen LogP contribution is -2.40. The number of aromatic nitrogens is 2. The van der Waals surface area contributed by atoms with Crippen molar-refractivity contribution in [2.24, 2.45) is 0 Å². The summed E-state index contributed by atoms with van der Waals surface area (Å²) in [5.41, 5.74) is -0.341. The second-order valence-electron chi connectivity index (χ2n) is 6.75. The fourth-order valence-electron chi connectivity index (χ4n) is 2.27. The van der Waals surface area contributed by atoms with Crippen LogP contribution in [0.5, 0.6) is 0 Å². The fourth-order valence-corrected chi connectivity index (χ4v) is 3.45. The molecule has 0 radical (unpaired) electrons. The molecule has 0 N–H and O–H groups in total. The van der Waals surface area contributed by atoms with Crippen LogP contribution < -0.4 is 0 Å². The van der Waals surface area contributed by atoms with E-state index in [2.05, 4.69) is 10.1 Å². The van der Waals surface area contributed by atoms with Crippen LogP contribution in [0.3, 0.4) is 0 Å². The zero-order valence-electron chi connectivity index (χ0n) is 13.5. The Balaban J connectivity index is 2.10. The van der Waals surface area contributed by atoms with Gasteiger partial charge in [-0.1, -0.05) is 25.9 Å². The van der Waals surface area contributed by atoms with Crippen LogP contribution in [0.2, 0.25) is 0 Å². The molecule has 1 aliphatic rings. The first-order valence-electron chi connectivity index (χ1n) is 7.44. The third-order valence-corrected chi connectivity index (χ3v) is 5.68. The summed E-state index contributed by atoms with van der Waals surface area (Å²) >= 11 is 0. The van der Waals surface area contributed by atoms with Gasteiger partial charge in [-0.05, 0) is 19.8 Å². The summed E-state index contributed by atoms with van der Waals surface area (Å²) in [6.45, 7) is 8.40. The lowest BCUT2D eigenvalue weighted by Gasteiger charge is -2.19. The molecule has 1 aromatic rings. The maximum atomic E-state index is 12.4. The standard InChI is InChI=1S/C14H23N3O4S/c1-10(12(18)17-7-5-6-8-17)22(19,20)9-11-15-13(21-16-11)14(2,3)4/h10H,5-9H2,1-4H3/t10-/m1/s1. The van der Waals surface area contributed by atoms with E-state index in [1.165, 1.54) is 6.92 Å². The quantitative estimate of drug-likeness (QED) is 0.826. The highest BCUT2D eigenvalue weighted by molar-refractivity contribution is 7.92. The molecule has 1 aromatic heterocycles. The summed E-state index contributed by atoms with van der Waals surface area (Å²) in [6.07, 6.45) is 1.86. The van der Waals surface area contributed by atoms with Crippen LogP contribution in [0, 0.1) is 0 Å². The van der Waals surface area contributed by atoms with Crippen LogP contribution in [0.25, 0.3) is 0 Å². The number of hydrogen-bond acceptors (Lipinski definition) is 6. The SMILES string of the molecule is C[C@H](C(=O)N1CCCC1)S(=O)(=O)Cc1noc(C(C)(C)C)n1. The van der Waals surface area contributed by atoms with Crippen molar-refractivity contribution < 1.29 is 17.7 Å². The molecule has 2 heterocycles. The van der Waals surface area contributed by atoms with Crippen molar-refractivity contribution in [3.8, 4) is 0 Å². The van der Waals surface area contributed by atoms with Gasteiger partial charge in [-0.25, -0.2) is 8.42 Å². The summed E-state index contributed by atoms with van der Waals surface area (Å²) in [5.74, 6) is -0.230. The number of amides is 1. The second kappa shape index (κ2) is 5.98. The van der Waals surface area contributed by atoms with Gasteiger partial charge >= 0.3 is 0 Å². The zero-order chi connectivity index (χ0) is 16.5. The van der Waals surface area contributed by atoms with E-state index in [4.69, 9.17) is 4.52 Å². The first-order chi connectivity index (χ1) is 10.1. The van der Waals surface area contributed by atoms with E-state index in [0.29, 0.717) is 19.0 Å². The molecule has 1 saturated heterocycles. The Morgan fingerprint density at radius 3 is 2.41 bits per heavy atom. The Morgan fingerprint density at radius 1 is 1.32 bits per heavy atom. The first kappa shape index (κ1) is 16.9. The molecule has 8 heteroatoms. The molecule has 1 atom stereocenters. The maximum absolute atomic E-state index is 12.4. The van der Waals surface area contributed by atoms with Crippen LogP contribution >= 0.6 is 0 Å². The number of carbonyl (C=O) groups is 1. The van der Waals surface area contributed by atoms with Gasteiger partial charge in [-0.15, -0.1) is 0 Å². The summed E-state index contributed by atoms with van der Waals surface area (Å²) in [7, 11) is -3.66. The van der Waals surface area contributed by atoms with Gasteiger partial charge in [-0.3, -0.25) is 4.79 Å². The average Bonchev–Trinajstić information content (AvgIpc) is 3.06. The predicted octanol–water partition coefficient (Wildman–Crippen LogP) is 1.29. The minimum absolute atomic E-state index is 0.103. The highest BCUT2D eigenvalue weighted by Crippen LogP contribution is 2.21. The van der Waals surface area contributed by atoms with E-state index in [1.54, 1.807) is 4.90 Å². The monoisotopic (exact) mass is 329 g/mol. The maximum Gasteiger partial charge on any atom is 0.240 e. The molecule has 2 rings (SSSR count). The molecule has 7 nitrogen and oxygen atoms in total. The Labute approximate surface area is 131 Å². The zero-order valence-corrected chi connectivity index (χ0v) is 14.3. The second-order valence-corrected chi connectivity index (χ2v) is 9.07. The minimum Gasteiger partial charge on any atom is -0.342 e. The van der Waals surface area contributed by atoms with Crippen molar-refractivity contribution in [1.82, 2.24) is 15.0 Å². The summed E-state index contributed by atoms with van der Waals surface area (Å²) < 4.78 is 29.9. The highest BCUT2D eigenvalue weighted by atomic mass is 32.2. The first-order valence-corrected chi connectivity index (χ1v) is 9.16. The number of sulfone groups is 1. The van der Waals surface area contributed by atoms with E-state index < -0.39 is 15.1 Å². The third kappa shape index (κ3) is 3.66. The van der Waals surface area contributed by atoms with Crippen LogP contribution in [-0.4, -0.2) is 47.7 Å². The topological polar surface area (TPSA) is 93.4 Å². The Hall–Kier alpha value is -1.44. The number of hydrogen-bond donors (Lipinski definition) is 0. The van der Waals surface area contributed by atoms with Crippen LogP contribution in [0.4, 0.5) is 0 Å². The van der Waals surface area contributed by atoms with Gasteiger partial charge in [0.2, 0.25) is 11.8 Å². The smallest absolute Gasteiger partial charge is 0.240 e. The minimum atomic E-state index is -3.66. The van der Waals surface area contributed by atoms with Gasteiger partial charge in [0.25, 0.3) is 0 Å². The summed E-state index contributed by atoms with van der Waals surface area (Å²) in [5, 5.41) is 2.64. The van der Waals surface area contributed by atoms with Crippen molar-refractivity contribution in [2.45, 2.75) is 57.0 Å². The molecule has 0 bridgehead atoms. The van der Waals surface area contributed by atoms with Gasteiger partial charge in [0.1, 0.15) is 11.0 Å². The number of likely N-dealkylation sites (tertiary alicyclic amines) is 1. The number of carbonyl (C=O) groups excluding carboxylic acids is 1. The average molecular weight is 329 g/mol. The third-order valence-electron chi connectivity index (χ3n) is 3.74. The van der Waals surface area contributed by atoms with Gasteiger partial charge in [0, 0.05) is 18.5 Å². The number of rotatable bonds is 4. The molecular weight excluding hydrogens is 306 g/mol. The van der Waals surface area contributed by atoms with Crippen LogP contribution in [0.15, 0.2) is 4.52 Å². The lowest BCUT2D eigenvalue weighted by atomic mass is 9.97. The Morgan fingerprint density at radius 2 is 1.91 bits per heavy atom. The molecule has 22 heavy (non-hydrogen) atoms. The lowest BCUT2D eigenvalue weighted by molar-refractivity contribution is -0.129. The molecule has 124 valence electrons. The molecule has 0 saturated carbocycles. The molecule has 1 fully saturated rings. The van der Waals surface area contributed by atoms with E-state index >= 15 is 0 Å². The van der Waals surface area contributed by atoms with Crippen molar-refractivity contribution in [1.29, 1.82) is 0 Å². The van der Waals surface area contributed by atoms with E-state index in [9.17, 15) is 13.2 Å². The van der Waals surface area contributed by atoms with Gasteiger partial charge in [0.15, 0.2) is 15.7 Å². The largest absolute Gasteiger partial charge is 0.342 e. The summed E-state index contributed by atoms with van der Waals surface area (Å²) in [4.78, 5) is 18.0. The van der Waals surface area contributed by atoms with Gasteiger partial charge in [0.05, 0.1) is 0 Å². The molecule has 1 aliphatic heterocycles. The van der Waals surface area contributed by atoms with Crippen LogP contribution in [0.1, 0.15) is 52.3 Å². The van der Waals surface area contributed by atoms with E-state index in [1.807, 2.05) is 20.8 Å². The van der Waals surface area contributed by atoms with Crippen molar-refractivity contribution in [3.05, 3.63) is 11.7 Å². The van der Waals surface area contributed by atoms with Gasteiger partial charge in [-0.2, -0.15) is 4.98 Å². The molecule has 0 spiro atoms. The molecule has 0 unspecified atom stereocenters. The Kier molecular flexibility index (Phi) is 4.60. The van der Waals surface area contributed by atoms with Gasteiger partial charge < -0.3 is 9.42 Å². The molecular formula is C14H23N3O4S. The highest BCUT2D eigenvalue weighted by Gasteiger charge is 2.34. The summed E-state index contributed by atoms with van der Waals surface area (Å²) in [6, 6.07) is 0. The normalized spacial score (nSPS) is 17.7. The van der Waals surface area contributed by atoms with Crippen molar-refractivity contribution in [3.63, 3.8) is 0 Å².